The Hall–Kier alpha value is -1.25. The maximum absolute atomic E-state index is 4.09. The third-order valence-corrected chi connectivity index (χ3v) is 1.56. The minimum absolute atomic E-state index is 0.764. The molecule has 0 spiro atoms. The van der Waals surface area contributed by atoms with Crippen LogP contribution in [0.5, 0.6) is 0 Å². The molecule has 3 heteroatoms. The van der Waals surface area contributed by atoms with E-state index >= 15 is 0 Å². The van der Waals surface area contributed by atoms with Gasteiger partial charge in [0.1, 0.15) is 6.33 Å². The number of hydrogen-bond donors (Lipinski definition) is 0. The van der Waals surface area contributed by atoms with Crippen LogP contribution in [-0.4, -0.2) is 16.2 Å². The molecule has 1 heterocycles. The zero-order chi connectivity index (χ0) is 8.27. The van der Waals surface area contributed by atoms with Crippen LogP contribution in [0.1, 0.15) is 18.2 Å². The van der Waals surface area contributed by atoms with Crippen LogP contribution in [0.4, 0.5) is 5.82 Å². The summed E-state index contributed by atoms with van der Waals surface area (Å²) in [5.41, 5.74) is 2.03. The van der Waals surface area contributed by atoms with Crippen molar-refractivity contribution >= 4 is 12.0 Å². The molecule has 1 rings (SSSR count). The van der Waals surface area contributed by atoms with Gasteiger partial charge in [0.2, 0.25) is 0 Å². The first-order valence-electron chi connectivity index (χ1n) is 3.52. The molecule has 11 heavy (non-hydrogen) atoms. The van der Waals surface area contributed by atoms with Gasteiger partial charge in [0.05, 0.1) is 0 Å². The minimum Gasteiger partial charge on any atom is -0.242 e. The van der Waals surface area contributed by atoms with E-state index in [4.69, 9.17) is 0 Å². The van der Waals surface area contributed by atoms with Gasteiger partial charge in [-0.05, 0) is 20.8 Å². The summed E-state index contributed by atoms with van der Waals surface area (Å²) in [5.74, 6) is 0.764. The van der Waals surface area contributed by atoms with Crippen LogP contribution in [0, 0.1) is 13.8 Å². The fourth-order valence-electron chi connectivity index (χ4n) is 0.778. The molecular formula is C8H11N3. The molecule has 0 bridgehead atoms. The third-order valence-electron chi connectivity index (χ3n) is 1.56. The number of aliphatic imine (C=N–C) groups is 1. The largest absolute Gasteiger partial charge is 0.242 e. The van der Waals surface area contributed by atoms with Crippen LogP contribution in [0.25, 0.3) is 0 Å². The minimum atomic E-state index is 0.764. The second kappa shape index (κ2) is 3.23. The van der Waals surface area contributed by atoms with E-state index < -0.39 is 0 Å². The van der Waals surface area contributed by atoms with Gasteiger partial charge in [-0.1, -0.05) is 0 Å². The van der Waals surface area contributed by atoms with E-state index in [1.54, 1.807) is 6.21 Å². The van der Waals surface area contributed by atoms with Crippen LogP contribution >= 0.6 is 0 Å². The zero-order valence-electron chi connectivity index (χ0n) is 7.00. The SMILES string of the molecule is CC=Nc1ncnc(C)c1C. The molecule has 0 aromatic carbocycles. The normalized spacial score (nSPS) is 10.8. The molecule has 0 radical (unpaired) electrons. The van der Waals surface area contributed by atoms with E-state index in [2.05, 4.69) is 15.0 Å². The van der Waals surface area contributed by atoms with E-state index in [1.807, 2.05) is 20.8 Å². The summed E-state index contributed by atoms with van der Waals surface area (Å²) in [5, 5.41) is 0. The Balaban J connectivity index is 3.16. The maximum atomic E-state index is 4.09. The molecule has 1 aromatic rings. The average molecular weight is 149 g/mol. The van der Waals surface area contributed by atoms with E-state index in [9.17, 15) is 0 Å². The van der Waals surface area contributed by atoms with E-state index in [1.165, 1.54) is 6.33 Å². The van der Waals surface area contributed by atoms with Gasteiger partial charge in [-0.15, -0.1) is 0 Å². The summed E-state index contributed by atoms with van der Waals surface area (Å²) in [7, 11) is 0. The molecule has 0 aliphatic rings. The van der Waals surface area contributed by atoms with Crippen LogP contribution in [0.3, 0.4) is 0 Å². The summed E-state index contributed by atoms with van der Waals surface area (Å²) in [4.78, 5) is 12.1. The Morgan fingerprint density at radius 1 is 1.36 bits per heavy atom. The van der Waals surface area contributed by atoms with Crippen molar-refractivity contribution in [3.05, 3.63) is 17.6 Å². The molecule has 0 aliphatic heterocycles. The number of aromatic nitrogens is 2. The Labute approximate surface area is 66.2 Å². The summed E-state index contributed by atoms with van der Waals surface area (Å²) < 4.78 is 0. The number of rotatable bonds is 1. The van der Waals surface area contributed by atoms with Gasteiger partial charge in [-0.2, -0.15) is 0 Å². The van der Waals surface area contributed by atoms with Gasteiger partial charge in [-0.25, -0.2) is 15.0 Å². The van der Waals surface area contributed by atoms with Crippen LogP contribution in [0.15, 0.2) is 11.3 Å². The fraction of sp³-hybridized carbons (Fsp3) is 0.375. The Morgan fingerprint density at radius 2 is 2.09 bits per heavy atom. The molecule has 0 unspecified atom stereocenters. The van der Waals surface area contributed by atoms with Gasteiger partial charge < -0.3 is 0 Å². The standard InChI is InChI=1S/C8H11N3/c1-4-9-8-6(2)7(3)10-5-11-8/h4-5H,1-3H3. The first-order valence-corrected chi connectivity index (χ1v) is 3.52. The average Bonchev–Trinajstić information content (AvgIpc) is 1.99. The van der Waals surface area contributed by atoms with Gasteiger partial charge in [0.25, 0.3) is 0 Å². The van der Waals surface area contributed by atoms with Crippen LogP contribution in [-0.2, 0) is 0 Å². The highest BCUT2D eigenvalue weighted by Crippen LogP contribution is 2.14. The van der Waals surface area contributed by atoms with Gasteiger partial charge in [0, 0.05) is 17.5 Å². The highest BCUT2D eigenvalue weighted by molar-refractivity contribution is 5.60. The number of hydrogen-bond acceptors (Lipinski definition) is 3. The first-order chi connectivity index (χ1) is 5.25. The molecule has 0 atom stereocenters. The molecule has 0 amide bonds. The van der Waals surface area contributed by atoms with Crippen molar-refractivity contribution in [1.82, 2.24) is 9.97 Å². The zero-order valence-corrected chi connectivity index (χ0v) is 7.00. The van der Waals surface area contributed by atoms with Crippen LogP contribution < -0.4 is 0 Å². The molecule has 0 N–H and O–H groups in total. The summed E-state index contributed by atoms with van der Waals surface area (Å²) in [6.45, 7) is 5.79. The monoisotopic (exact) mass is 149 g/mol. The highest BCUT2D eigenvalue weighted by atomic mass is 14.9. The van der Waals surface area contributed by atoms with Gasteiger partial charge in [0.15, 0.2) is 5.82 Å². The highest BCUT2D eigenvalue weighted by Gasteiger charge is 1.98. The predicted octanol–water partition coefficient (Wildman–Crippen LogP) is 1.82. The summed E-state index contributed by atoms with van der Waals surface area (Å²) in [6, 6.07) is 0. The molecule has 58 valence electrons. The lowest BCUT2D eigenvalue weighted by Crippen LogP contribution is -1.88. The number of nitrogens with zero attached hydrogens (tertiary/aromatic N) is 3. The second-order valence-electron chi connectivity index (χ2n) is 2.29. The topological polar surface area (TPSA) is 38.1 Å². The van der Waals surface area contributed by atoms with E-state index in [-0.39, 0.29) is 0 Å². The lowest BCUT2D eigenvalue weighted by Gasteiger charge is -1.99. The Morgan fingerprint density at radius 3 is 2.73 bits per heavy atom. The van der Waals surface area contributed by atoms with Crippen molar-refractivity contribution in [2.45, 2.75) is 20.8 Å². The second-order valence-corrected chi connectivity index (χ2v) is 2.29. The molecule has 0 saturated carbocycles. The smallest absolute Gasteiger partial charge is 0.158 e. The molecule has 3 nitrogen and oxygen atoms in total. The Kier molecular flexibility index (Phi) is 2.31. The Bertz CT molecular complexity index is 279. The van der Waals surface area contributed by atoms with Crippen LogP contribution in [0.2, 0.25) is 0 Å². The van der Waals surface area contributed by atoms with E-state index in [0.29, 0.717) is 0 Å². The maximum Gasteiger partial charge on any atom is 0.158 e. The lowest BCUT2D eigenvalue weighted by atomic mass is 10.2. The summed E-state index contributed by atoms with van der Waals surface area (Å²) >= 11 is 0. The number of aryl methyl sites for hydroxylation is 1. The fourth-order valence-corrected chi connectivity index (χ4v) is 0.778. The van der Waals surface area contributed by atoms with Crippen molar-refractivity contribution in [2.24, 2.45) is 4.99 Å². The van der Waals surface area contributed by atoms with Crippen molar-refractivity contribution in [1.29, 1.82) is 0 Å². The third kappa shape index (κ3) is 1.61. The molecule has 1 aromatic heterocycles. The van der Waals surface area contributed by atoms with Gasteiger partial charge >= 0.3 is 0 Å². The van der Waals surface area contributed by atoms with Gasteiger partial charge in [-0.3, -0.25) is 0 Å². The van der Waals surface area contributed by atoms with Crippen molar-refractivity contribution < 1.29 is 0 Å². The summed E-state index contributed by atoms with van der Waals surface area (Å²) in [6.07, 6.45) is 3.26. The molecular weight excluding hydrogens is 138 g/mol. The van der Waals surface area contributed by atoms with E-state index in [0.717, 1.165) is 17.1 Å². The van der Waals surface area contributed by atoms with Crippen molar-refractivity contribution in [2.75, 3.05) is 0 Å². The quantitative estimate of drug-likeness (QED) is 0.571. The lowest BCUT2D eigenvalue weighted by molar-refractivity contribution is 1.05. The first kappa shape index (κ1) is 7.85. The predicted molar refractivity (Wildman–Crippen MR) is 45.3 cm³/mol. The molecule has 0 saturated heterocycles. The molecule has 0 aliphatic carbocycles. The molecule has 0 fully saturated rings. The van der Waals surface area contributed by atoms with Crippen molar-refractivity contribution in [3.8, 4) is 0 Å². The van der Waals surface area contributed by atoms with Crippen molar-refractivity contribution in [3.63, 3.8) is 0 Å².